The summed E-state index contributed by atoms with van der Waals surface area (Å²) in [5.74, 6) is 0. The average molecular weight is 322 g/mol. The van der Waals surface area contributed by atoms with Crippen molar-refractivity contribution in [2.24, 2.45) is 0 Å². The number of rotatable bonds is 4. The molecule has 0 spiro atoms. The average Bonchev–Trinajstić information content (AvgIpc) is 2.14. The van der Waals surface area contributed by atoms with E-state index >= 15 is 0 Å². The van der Waals surface area contributed by atoms with E-state index in [1.54, 1.807) is 0 Å². The van der Waals surface area contributed by atoms with Crippen molar-refractivity contribution in [3.63, 3.8) is 0 Å². The zero-order valence-electron chi connectivity index (χ0n) is 7.46. The van der Waals surface area contributed by atoms with Crippen molar-refractivity contribution in [2.75, 3.05) is 6.61 Å². The second-order valence-corrected chi connectivity index (χ2v) is 4.63. The van der Waals surface area contributed by atoms with Crippen molar-refractivity contribution in [3.8, 4) is 0 Å². The first-order valence-electron chi connectivity index (χ1n) is 4.23. The van der Waals surface area contributed by atoms with Crippen LogP contribution in [0.25, 0.3) is 0 Å². The first-order valence-corrected chi connectivity index (χ1v) is 5.81. The van der Waals surface area contributed by atoms with Crippen LogP contribution in [0.3, 0.4) is 0 Å². The van der Waals surface area contributed by atoms with Gasteiger partial charge in [-0.15, -0.1) is 0 Å². The second-order valence-electron chi connectivity index (χ2n) is 2.92. The van der Waals surface area contributed by atoms with Crippen molar-refractivity contribution in [3.05, 3.63) is 32.2 Å². The summed E-state index contributed by atoms with van der Waals surface area (Å²) in [6.07, 6.45) is 2.36. The minimum Gasteiger partial charge on any atom is -0.396 e. The smallest absolute Gasteiger partial charge is 0.152 e. The highest BCUT2D eigenvalue weighted by Crippen LogP contribution is 2.26. The standard InChI is InChI=1S/C10H10Br2O2/c11-9-4-7(2-1-3-13)5-10(12)8(9)6-14/h4-6,13H,1-3H2. The highest BCUT2D eigenvalue weighted by molar-refractivity contribution is 9.11. The van der Waals surface area contributed by atoms with Crippen molar-refractivity contribution >= 4 is 38.1 Å². The quantitative estimate of drug-likeness (QED) is 0.866. The molecule has 0 heterocycles. The van der Waals surface area contributed by atoms with Gasteiger partial charge in [0.15, 0.2) is 6.29 Å². The van der Waals surface area contributed by atoms with Gasteiger partial charge in [0.25, 0.3) is 0 Å². The molecule has 14 heavy (non-hydrogen) atoms. The van der Waals surface area contributed by atoms with E-state index in [1.807, 2.05) is 12.1 Å². The predicted molar refractivity (Wildman–Crippen MR) is 62.6 cm³/mol. The number of aldehydes is 1. The molecule has 0 radical (unpaired) electrons. The third kappa shape index (κ3) is 2.90. The summed E-state index contributed by atoms with van der Waals surface area (Å²) in [4.78, 5) is 10.7. The largest absolute Gasteiger partial charge is 0.396 e. The van der Waals surface area contributed by atoms with Gasteiger partial charge in [-0.25, -0.2) is 0 Å². The van der Waals surface area contributed by atoms with Gasteiger partial charge in [0.1, 0.15) is 0 Å². The number of aliphatic hydroxyl groups excluding tert-OH is 1. The van der Waals surface area contributed by atoms with Gasteiger partial charge in [-0.1, -0.05) is 31.9 Å². The molecule has 0 aliphatic carbocycles. The molecule has 0 unspecified atom stereocenters. The molecule has 1 aromatic rings. The normalized spacial score (nSPS) is 10.2. The number of carbonyl (C=O) groups excluding carboxylic acids is 1. The zero-order chi connectivity index (χ0) is 10.6. The number of halogens is 2. The van der Waals surface area contributed by atoms with Gasteiger partial charge in [-0.05, 0) is 30.5 Å². The molecular formula is C10H10Br2O2. The highest BCUT2D eigenvalue weighted by Gasteiger charge is 2.06. The minimum atomic E-state index is 0.185. The summed E-state index contributed by atoms with van der Waals surface area (Å²) in [6, 6.07) is 3.81. The summed E-state index contributed by atoms with van der Waals surface area (Å²) in [7, 11) is 0. The molecule has 1 rings (SSSR count). The Labute approximate surface area is 99.6 Å². The van der Waals surface area contributed by atoms with E-state index in [2.05, 4.69) is 31.9 Å². The maximum atomic E-state index is 10.7. The first-order chi connectivity index (χ1) is 6.69. The van der Waals surface area contributed by atoms with Gasteiger partial charge < -0.3 is 5.11 Å². The van der Waals surface area contributed by atoms with Crippen LogP contribution in [0.2, 0.25) is 0 Å². The van der Waals surface area contributed by atoms with Crippen molar-refractivity contribution in [1.82, 2.24) is 0 Å². The lowest BCUT2D eigenvalue weighted by Crippen LogP contribution is -1.93. The molecule has 0 atom stereocenters. The van der Waals surface area contributed by atoms with Crippen LogP contribution in [0.1, 0.15) is 22.3 Å². The first kappa shape index (κ1) is 11.9. The Hall–Kier alpha value is -0.190. The van der Waals surface area contributed by atoms with Crippen LogP contribution in [0.5, 0.6) is 0 Å². The lowest BCUT2D eigenvalue weighted by molar-refractivity contribution is 0.112. The third-order valence-corrected chi connectivity index (χ3v) is 3.19. The number of hydrogen-bond donors (Lipinski definition) is 1. The molecule has 0 amide bonds. The van der Waals surface area contributed by atoms with Gasteiger partial charge in [0.2, 0.25) is 0 Å². The summed E-state index contributed by atoms with van der Waals surface area (Å²) >= 11 is 6.65. The van der Waals surface area contributed by atoms with Crippen LogP contribution in [0.15, 0.2) is 21.1 Å². The molecule has 0 aliphatic rings. The molecule has 0 fully saturated rings. The van der Waals surface area contributed by atoms with Crippen molar-refractivity contribution in [1.29, 1.82) is 0 Å². The number of aliphatic hydroxyl groups is 1. The predicted octanol–water partition coefficient (Wildman–Crippen LogP) is 2.95. The number of hydrogen-bond acceptors (Lipinski definition) is 2. The fourth-order valence-electron chi connectivity index (χ4n) is 1.18. The Balaban J connectivity index is 2.95. The van der Waals surface area contributed by atoms with Crippen LogP contribution >= 0.6 is 31.9 Å². The molecule has 1 N–H and O–H groups in total. The summed E-state index contributed by atoms with van der Waals surface area (Å²) in [5.41, 5.74) is 1.72. The minimum absolute atomic E-state index is 0.185. The maximum absolute atomic E-state index is 10.7. The van der Waals surface area contributed by atoms with E-state index in [4.69, 9.17) is 5.11 Å². The molecule has 76 valence electrons. The Bertz CT molecular complexity index is 314. The van der Waals surface area contributed by atoms with Gasteiger partial charge in [0.05, 0.1) is 0 Å². The zero-order valence-corrected chi connectivity index (χ0v) is 10.6. The van der Waals surface area contributed by atoms with Gasteiger partial charge >= 0.3 is 0 Å². The van der Waals surface area contributed by atoms with E-state index in [0.29, 0.717) is 5.56 Å². The monoisotopic (exact) mass is 320 g/mol. The maximum Gasteiger partial charge on any atom is 0.152 e. The van der Waals surface area contributed by atoms with E-state index in [0.717, 1.165) is 33.6 Å². The number of carbonyl (C=O) groups is 1. The van der Waals surface area contributed by atoms with E-state index in [-0.39, 0.29) is 6.61 Å². The fourth-order valence-corrected chi connectivity index (χ4v) is 2.65. The molecule has 0 aromatic heterocycles. The lowest BCUT2D eigenvalue weighted by atomic mass is 10.1. The Morgan fingerprint density at radius 2 is 1.86 bits per heavy atom. The fraction of sp³-hybridized carbons (Fsp3) is 0.300. The lowest BCUT2D eigenvalue weighted by Gasteiger charge is -2.05. The van der Waals surface area contributed by atoms with E-state index < -0.39 is 0 Å². The van der Waals surface area contributed by atoms with E-state index in [9.17, 15) is 4.79 Å². The molecular weight excluding hydrogens is 312 g/mol. The van der Waals surface area contributed by atoms with E-state index in [1.165, 1.54) is 0 Å². The topological polar surface area (TPSA) is 37.3 Å². The molecule has 4 heteroatoms. The van der Waals surface area contributed by atoms with Gasteiger partial charge in [-0.3, -0.25) is 4.79 Å². The van der Waals surface area contributed by atoms with Crippen molar-refractivity contribution in [2.45, 2.75) is 12.8 Å². The molecule has 1 aromatic carbocycles. The van der Waals surface area contributed by atoms with Crippen molar-refractivity contribution < 1.29 is 9.90 Å². The summed E-state index contributed by atoms with van der Waals surface area (Å²) in [6.45, 7) is 0.185. The van der Waals surface area contributed by atoms with Crippen LogP contribution in [-0.4, -0.2) is 18.0 Å². The Morgan fingerprint density at radius 1 is 1.29 bits per heavy atom. The van der Waals surface area contributed by atoms with Crippen LogP contribution in [0.4, 0.5) is 0 Å². The summed E-state index contributed by atoms with van der Waals surface area (Å²) < 4.78 is 1.57. The van der Waals surface area contributed by atoms with Gasteiger partial charge in [0, 0.05) is 21.1 Å². The Kier molecular flexibility index (Phi) is 4.78. The number of aryl methyl sites for hydroxylation is 1. The van der Waals surface area contributed by atoms with Crippen LogP contribution in [0, 0.1) is 0 Å². The molecule has 2 nitrogen and oxygen atoms in total. The van der Waals surface area contributed by atoms with Gasteiger partial charge in [-0.2, -0.15) is 0 Å². The Morgan fingerprint density at radius 3 is 2.29 bits per heavy atom. The number of benzene rings is 1. The SMILES string of the molecule is O=Cc1c(Br)cc(CCCO)cc1Br. The molecule has 0 bridgehead atoms. The third-order valence-electron chi connectivity index (χ3n) is 1.88. The van der Waals surface area contributed by atoms with Crippen LogP contribution < -0.4 is 0 Å². The molecule has 0 aliphatic heterocycles. The highest BCUT2D eigenvalue weighted by atomic mass is 79.9. The van der Waals surface area contributed by atoms with Crippen LogP contribution in [-0.2, 0) is 6.42 Å². The second kappa shape index (κ2) is 5.63. The molecule has 0 saturated carbocycles. The molecule has 0 saturated heterocycles. The summed E-state index contributed by atoms with van der Waals surface area (Å²) in [5, 5.41) is 8.69.